The van der Waals surface area contributed by atoms with Gasteiger partial charge < -0.3 is 11.1 Å². The van der Waals surface area contributed by atoms with Crippen molar-refractivity contribution in [2.75, 3.05) is 5.32 Å². The molecule has 2 amide bonds. The summed E-state index contributed by atoms with van der Waals surface area (Å²) in [6, 6.07) is 9.38. The van der Waals surface area contributed by atoms with Crippen LogP contribution in [0.5, 0.6) is 0 Å². The number of hydrogen-bond acceptors (Lipinski definition) is 3. The van der Waals surface area contributed by atoms with Crippen molar-refractivity contribution in [3.8, 4) is 0 Å². The van der Waals surface area contributed by atoms with Gasteiger partial charge in [-0.15, -0.1) is 11.3 Å². The Bertz CT molecular complexity index is 607. The van der Waals surface area contributed by atoms with Gasteiger partial charge in [-0.2, -0.15) is 0 Å². The highest BCUT2D eigenvalue weighted by Crippen LogP contribution is 2.21. The number of primary amides is 1. The van der Waals surface area contributed by atoms with Gasteiger partial charge in [0, 0.05) is 3.57 Å². The molecule has 2 aromatic rings. The molecule has 0 fully saturated rings. The highest BCUT2D eigenvalue weighted by atomic mass is 127. The molecule has 0 radical (unpaired) electrons. The molecule has 1 aromatic heterocycles. The van der Waals surface area contributed by atoms with E-state index in [9.17, 15) is 9.59 Å². The number of nitrogens with one attached hydrogen (secondary N) is 1. The zero-order chi connectivity index (χ0) is 13.8. The van der Waals surface area contributed by atoms with Gasteiger partial charge in [-0.3, -0.25) is 9.59 Å². The van der Waals surface area contributed by atoms with Crippen LogP contribution >= 0.6 is 33.9 Å². The number of halogens is 1. The summed E-state index contributed by atoms with van der Waals surface area (Å²) in [4.78, 5) is 23.4. The highest BCUT2D eigenvalue weighted by molar-refractivity contribution is 14.1. The van der Waals surface area contributed by atoms with Gasteiger partial charge in [0.15, 0.2) is 0 Å². The standard InChI is InChI=1S/C13H11IN2O2S/c14-9-3-1-8(2-4-9)7-11(17)16-10-5-6-19-12(10)13(15)18/h1-6H,7H2,(H2,15,18)(H,16,17). The quantitative estimate of drug-likeness (QED) is 0.794. The molecule has 6 heteroatoms. The zero-order valence-corrected chi connectivity index (χ0v) is 12.8. The summed E-state index contributed by atoms with van der Waals surface area (Å²) < 4.78 is 1.12. The average Bonchev–Trinajstić information content (AvgIpc) is 2.80. The normalized spacial score (nSPS) is 10.2. The SMILES string of the molecule is NC(=O)c1sccc1NC(=O)Cc1ccc(I)cc1. The highest BCUT2D eigenvalue weighted by Gasteiger charge is 2.12. The molecule has 2 rings (SSSR count). The smallest absolute Gasteiger partial charge is 0.260 e. The summed E-state index contributed by atoms with van der Waals surface area (Å²) >= 11 is 3.43. The summed E-state index contributed by atoms with van der Waals surface area (Å²) in [5, 5.41) is 4.43. The van der Waals surface area contributed by atoms with Crippen molar-refractivity contribution in [2.45, 2.75) is 6.42 Å². The van der Waals surface area contributed by atoms with Gasteiger partial charge in [0.1, 0.15) is 4.88 Å². The Morgan fingerprint density at radius 3 is 2.53 bits per heavy atom. The summed E-state index contributed by atoms with van der Waals surface area (Å²) in [5.41, 5.74) is 6.63. The van der Waals surface area contributed by atoms with Crippen LogP contribution in [0.2, 0.25) is 0 Å². The largest absolute Gasteiger partial charge is 0.365 e. The fraction of sp³-hybridized carbons (Fsp3) is 0.0769. The first kappa shape index (κ1) is 14.0. The Kier molecular flexibility index (Phi) is 4.54. The number of benzene rings is 1. The monoisotopic (exact) mass is 386 g/mol. The molecule has 19 heavy (non-hydrogen) atoms. The van der Waals surface area contributed by atoms with E-state index in [1.54, 1.807) is 11.4 Å². The Morgan fingerprint density at radius 2 is 1.89 bits per heavy atom. The average molecular weight is 386 g/mol. The van der Waals surface area contributed by atoms with Crippen LogP contribution in [0.3, 0.4) is 0 Å². The Balaban J connectivity index is 2.03. The molecule has 0 aliphatic rings. The second kappa shape index (κ2) is 6.16. The lowest BCUT2D eigenvalue weighted by Crippen LogP contribution is -2.17. The van der Waals surface area contributed by atoms with Crippen molar-refractivity contribution < 1.29 is 9.59 Å². The molecule has 0 unspecified atom stereocenters. The molecule has 0 bridgehead atoms. The molecular weight excluding hydrogens is 375 g/mol. The van der Waals surface area contributed by atoms with Crippen molar-refractivity contribution in [3.63, 3.8) is 0 Å². The van der Waals surface area contributed by atoms with E-state index in [1.807, 2.05) is 24.3 Å². The van der Waals surface area contributed by atoms with Gasteiger partial charge in [-0.25, -0.2) is 0 Å². The van der Waals surface area contributed by atoms with E-state index in [2.05, 4.69) is 27.9 Å². The van der Waals surface area contributed by atoms with E-state index in [1.165, 1.54) is 11.3 Å². The Labute approximate surface area is 128 Å². The molecular formula is C13H11IN2O2S. The lowest BCUT2D eigenvalue weighted by atomic mass is 10.1. The molecule has 1 aromatic carbocycles. The molecule has 98 valence electrons. The van der Waals surface area contributed by atoms with Gasteiger partial charge in [0.2, 0.25) is 5.91 Å². The molecule has 0 atom stereocenters. The van der Waals surface area contributed by atoms with Crippen molar-refractivity contribution in [2.24, 2.45) is 5.73 Å². The van der Waals surface area contributed by atoms with Crippen molar-refractivity contribution in [1.82, 2.24) is 0 Å². The lowest BCUT2D eigenvalue weighted by molar-refractivity contribution is -0.115. The van der Waals surface area contributed by atoms with E-state index >= 15 is 0 Å². The van der Waals surface area contributed by atoms with Crippen LogP contribution in [0.15, 0.2) is 35.7 Å². The second-order valence-corrected chi connectivity index (χ2v) is 6.04. The molecule has 4 nitrogen and oxygen atoms in total. The van der Waals surface area contributed by atoms with Crippen LogP contribution in [0.25, 0.3) is 0 Å². The first-order valence-electron chi connectivity index (χ1n) is 5.48. The number of thiophene rings is 1. The zero-order valence-electron chi connectivity index (χ0n) is 9.85. The van der Waals surface area contributed by atoms with Gasteiger partial charge in [-0.1, -0.05) is 12.1 Å². The summed E-state index contributed by atoms with van der Waals surface area (Å²) in [7, 11) is 0. The fourth-order valence-electron chi connectivity index (χ4n) is 1.58. The first-order valence-corrected chi connectivity index (χ1v) is 7.43. The predicted octanol–water partition coefficient (Wildman–Crippen LogP) is 2.63. The van der Waals surface area contributed by atoms with Crippen LogP contribution in [-0.4, -0.2) is 11.8 Å². The third-order valence-corrected chi connectivity index (χ3v) is 4.09. The lowest BCUT2D eigenvalue weighted by Gasteiger charge is -2.05. The van der Waals surface area contributed by atoms with Crippen LogP contribution in [-0.2, 0) is 11.2 Å². The molecule has 0 saturated heterocycles. The minimum atomic E-state index is -0.528. The van der Waals surface area contributed by atoms with E-state index in [4.69, 9.17) is 5.73 Å². The predicted molar refractivity (Wildman–Crippen MR) is 84.3 cm³/mol. The molecule has 0 aliphatic carbocycles. The molecule has 1 heterocycles. The number of carbonyl (C=O) groups excluding carboxylic acids is 2. The van der Waals surface area contributed by atoms with Crippen LogP contribution < -0.4 is 11.1 Å². The van der Waals surface area contributed by atoms with E-state index in [-0.39, 0.29) is 12.3 Å². The van der Waals surface area contributed by atoms with E-state index < -0.39 is 5.91 Å². The maximum Gasteiger partial charge on any atom is 0.260 e. The van der Waals surface area contributed by atoms with Gasteiger partial charge in [0.25, 0.3) is 5.91 Å². The molecule has 0 aliphatic heterocycles. The van der Waals surface area contributed by atoms with Gasteiger partial charge in [-0.05, 0) is 51.7 Å². The van der Waals surface area contributed by atoms with Crippen molar-refractivity contribution in [3.05, 3.63) is 49.7 Å². The van der Waals surface area contributed by atoms with Gasteiger partial charge >= 0.3 is 0 Å². The van der Waals surface area contributed by atoms with E-state index in [0.29, 0.717) is 10.6 Å². The number of nitrogens with two attached hydrogens (primary N) is 1. The third kappa shape index (κ3) is 3.77. The number of rotatable bonds is 4. The summed E-state index contributed by atoms with van der Waals surface area (Å²) in [6.07, 6.45) is 0.269. The van der Waals surface area contributed by atoms with Crippen LogP contribution in [0.1, 0.15) is 15.2 Å². The Hall–Kier alpha value is -1.41. The topological polar surface area (TPSA) is 72.2 Å². The van der Waals surface area contributed by atoms with Gasteiger partial charge in [0.05, 0.1) is 12.1 Å². The fourth-order valence-corrected chi connectivity index (χ4v) is 2.64. The number of amides is 2. The molecule has 0 saturated carbocycles. The molecule has 0 spiro atoms. The maximum absolute atomic E-state index is 11.9. The van der Waals surface area contributed by atoms with E-state index in [0.717, 1.165) is 9.13 Å². The second-order valence-electron chi connectivity index (χ2n) is 3.88. The summed E-state index contributed by atoms with van der Waals surface area (Å²) in [5.74, 6) is -0.693. The minimum absolute atomic E-state index is 0.165. The Morgan fingerprint density at radius 1 is 1.21 bits per heavy atom. The third-order valence-electron chi connectivity index (χ3n) is 2.44. The number of hydrogen-bond donors (Lipinski definition) is 2. The summed E-state index contributed by atoms with van der Waals surface area (Å²) in [6.45, 7) is 0. The number of anilines is 1. The minimum Gasteiger partial charge on any atom is -0.365 e. The van der Waals surface area contributed by atoms with Crippen molar-refractivity contribution in [1.29, 1.82) is 0 Å². The maximum atomic E-state index is 11.9. The van der Waals surface area contributed by atoms with Crippen LogP contribution in [0.4, 0.5) is 5.69 Å². The number of carbonyl (C=O) groups is 2. The van der Waals surface area contributed by atoms with Crippen LogP contribution in [0, 0.1) is 3.57 Å². The van der Waals surface area contributed by atoms with Crippen molar-refractivity contribution >= 4 is 51.4 Å². The first-order chi connectivity index (χ1) is 9.06. The molecule has 3 N–H and O–H groups in total.